The number of thioether (sulfide) groups is 1. The van der Waals surface area contributed by atoms with Gasteiger partial charge in [0, 0.05) is 19.3 Å². The Morgan fingerprint density at radius 3 is 2.87 bits per heavy atom. The normalized spacial score (nSPS) is 10.9. The molecule has 1 heterocycles. The van der Waals surface area contributed by atoms with Gasteiger partial charge in [0.15, 0.2) is 0 Å². The molecule has 0 amide bonds. The Kier molecular flexibility index (Phi) is 5.79. The smallest absolute Gasteiger partial charge is 0.0939 e. The molecule has 0 fully saturated rings. The molecule has 0 spiro atoms. The molecule has 0 aromatic carbocycles. The van der Waals surface area contributed by atoms with Crippen LogP contribution in [0, 0.1) is 6.92 Å². The molecule has 0 saturated heterocycles. The zero-order valence-corrected chi connectivity index (χ0v) is 10.7. The van der Waals surface area contributed by atoms with Gasteiger partial charge in [0.1, 0.15) is 0 Å². The maximum atomic E-state index is 4.31. The lowest BCUT2D eigenvalue weighted by atomic mass is 10.3. The highest BCUT2D eigenvalue weighted by atomic mass is 32.2. The Bertz CT molecular complexity index is 283. The summed E-state index contributed by atoms with van der Waals surface area (Å²) in [5.41, 5.74) is 1.10. The van der Waals surface area contributed by atoms with Gasteiger partial charge in [-0.1, -0.05) is 13.3 Å². The monoisotopic (exact) mass is 227 g/mol. The molecular weight excluding hydrogens is 206 g/mol. The van der Waals surface area contributed by atoms with Crippen molar-refractivity contribution >= 4 is 11.8 Å². The first kappa shape index (κ1) is 12.6. The van der Waals surface area contributed by atoms with E-state index in [4.69, 9.17) is 0 Å². The zero-order chi connectivity index (χ0) is 11.1. The fourth-order valence-electron chi connectivity index (χ4n) is 1.38. The van der Waals surface area contributed by atoms with Crippen LogP contribution in [0.2, 0.25) is 0 Å². The first-order valence-corrected chi connectivity index (χ1v) is 6.56. The van der Waals surface area contributed by atoms with E-state index in [0.717, 1.165) is 24.5 Å². The highest BCUT2D eigenvalue weighted by molar-refractivity contribution is 7.99. The van der Waals surface area contributed by atoms with Crippen LogP contribution in [0.15, 0.2) is 11.1 Å². The number of unbranched alkanes of at least 4 members (excludes halogenated alkanes) is 1. The predicted molar refractivity (Wildman–Crippen MR) is 66.4 cm³/mol. The zero-order valence-electron chi connectivity index (χ0n) is 9.92. The van der Waals surface area contributed by atoms with Crippen LogP contribution in [0.4, 0.5) is 0 Å². The van der Waals surface area contributed by atoms with E-state index in [1.807, 2.05) is 30.4 Å². The fraction of sp³-hybridized carbons (Fsp3) is 0.727. The maximum absolute atomic E-state index is 4.31. The van der Waals surface area contributed by atoms with Crippen molar-refractivity contribution in [1.29, 1.82) is 0 Å². The second-order valence-corrected chi connectivity index (χ2v) is 4.81. The third kappa shape index (κ3) is 4.71. The van der Waals surface area contributed by atoms with E-state index in [1.165, 1.54) is 17.9 Å². The fourth-order valence-corrected chi connectivity index (χ4v) is 2.31. The van der Waals surface area contributed by atoms with Gasteiger partial charge < -0.3 is 5.32 Å². The molecule has 1 aromatic rings. The van der Waals surface area contributed by atoms with Gasteiger partial charge >= 0.3 is 0 Å². The summed E-state index contributed by atoms with van der Waals surface area (Å²) in [4.78, 5) is 0. The van der Waals surface area contributed by atoms with Gasteiger partial charge in [-0.05, 0) is 26.0 Å². The molecule has 1 N–H and O–H groups in total. The summed E-state index contributed by atoms with van der Waals surface area (Å²) >= 11 is 1.86. The Balaban J connectivity index is 2.12. The summed E-state index contributed by atoms with van der Waals surface area (Å²) < 4.78 is 1.95. The van der Waals surface area contributed by atoms with Gasteiger partial charge in [-0.2, -0.15) is 5.10 Å². The second-order valence-electron chi connectivity index (χ2n) is 3.70. The molecule has 0 aliphatic heterocycles. The molecule has 0 aliphatic carbocycles. The highest BCUT2D eigenvalue weighted by Gasteiger charge is 2.01. The van der Waals surface area contributed by atoms with Crippen molar-refractivity contribution in [2.24, 2.45) is 7.05 Å². The molecule has 4 heteroatoms. The summed E-state index contributed by atoms with van der Waals surface area (Å²) in [6.07, 6.45) is 2.54. The van der Waals surface area contributed by atoms with Crippen LogP contribution >= 0.6 is 11.8 Å². The maximum Gasteiger partial charge on any atom is 0.0939 e. The van der Waals surface area contributed by atoms with Gasteiger partial charge in [0.2, 0.25) is 0 Å². The molecule has 3 nitrogen and oxygen atoms in total. The van der Waals surface area contributed by atoms with Crippen molar-refractivity contribution in [3.8, 4) is 0 Å². The molecular formula is C11H21N3S. The van der Waals surface area contributed by atoms with Crippen LogP contribution < -0.4 is 5.32 Å². The highest BCUT2D eigenvalue weighted by Crippen LogP contribution is 2.17. The lowest BCUT2D eigenvalue weighted by Crippen LogP contribution is -2.18. The van der Waals surface area contributed by atoms with Gasteiger partial charge in [-0.15, -0.1) is 11.8 Å². The molecule has 0 aliphatic rings. The minimum absolute atomic E-state index is 1.08. The number of nitrogens with one attached hydrogen (secondary N) is 1. The second kappa shape index (κ2) is 6.90. The molecule has 0 atom stereocenters. The summed E-state index contributed by atoms with van der Waals surface area (Å²) in [7, 11) is 2.00. The number of aryl methyl sites for hydroxylation is 2. The van der Waals surface area contributed by atoms with E-state index in [-0.39, 0.29) is 0 Å². The van der Waals surface area contributed by atoms with Crippen molar-refractivity contribution in [3.05, 3.63) is 11.8 Å². The molecule has 0 bridgehead atoms. The summed E-state index contributed by atoms with van der Waals surface area (Å²) in [6, 6.07) is 2.14. The first-order chi connectivity index (χ1) is 7.24. The Morgan fingerprint density at radius 2 is 2.27 bits per heavy atom. The van der Waals surface area contributed by atoms with Crippen molar-refractivity contribution in [3.63, 3.8) is 0 Å². The van der Waals surface area contributed by atoms with Crippen LogP contribution in [0.1, 0.15) is 25.5 Å². The predicted octanol–water partition coefficient (Wildman–Crippen LogP) is 2.21. The van der Waals surface area contributed by atoms with E-state index in [9.17, 15) is 0 Å². The largest absolute Gasteiger partial charge is 0.316 e. The summed E-state index contributed by atoms with van der Waals surface area (Å²) in [5.74, 6) is 1.11. The number of nitrogens with zero attached hydrogens (tertiary/aromatic N) is 2. The van der Waals surface area contributed by atoms with Crippen LogP contribution in [-0.2, 0) is 7.05 Å². The van der Waals surface area contributed by atoms with Crippen molar-refractivity contribution < 1.29 is 0 Å². The average molecular weight is 227 g/mol. The van der Waals surface area contributed by atoms with Crippen molar-refractivity contribution in [2.45, 2.75) is 31.7 Å². The van der Waals surface area contributed by atoms with E-state index < -0.39 is 0 Å². The number of aromatic nitrogens is 2. The van der Waals surface area contributed by atoms with Gasteiger partial charge in [0.05, 0.1) is 10.7 Å². The lowest BCUT2D eigenvalue weighted by Gasteiger charge is -2.03. The Hall–Kier alpha value is -0.480. The van der Waals surface area contributed by atoms with Crippen LogP contribution in [0.25, 0.3) is 0 Å². The summed E-state index contributed by atoms with van der Waals surface area (Å²) in [6.45, 7) is 6.47. The standard InChI is InChI=1S/C11H21N3S/c1-4-5-6-12-7-8-15-11-9-10(2)13-14(11)3/h9,12H,4-8H2,1-3H3. The first-order valence-electron chi connectivity index (χ1n) is 5.58. The molecule has 15 heavy (non-hydrogen) atoms. The van der Waals surface area contributed by atoms with Crippen LogP contribution in [-0.4, -0.2) is 28.6 Å². The Labute approximate surface area is 96.6 Å². The van der Waals surface area contributed by atoms with E-state index >= 15 is 0 Å². The molecule has 0 unspecified atom stereocenters. The molecule has 0 saturated carbocycles. The average Bonchev–Trinajstić information content (AvgIpc) is 2.51. The molecule has 1 rings (SSSR count). The lowest BCUT2D eigenvalue weighted by molar-refractivity contribution is 0.664. The SMILES string of the molecule is CCCCNCCSc1cc(C)nn1C. The van der Waals surface area contributed by atoms with Crippen LogP contribution in [0.3, 0.4) is 0 Å². The number of rotatable bonds is 7. The third-order valence-corrected chi connectivity index (χ3v) is 3.28. The summed E-state index contributed by atoms with van der Waals surface area (Å²) in [5, 5.41) is 9.00. The topological polar surface area (TPSA) is 29.9 Å². The Morgan fingerprint density at radius 1 is 1.47 bits per heavy atom. The number of hydrogen-bond acceptors (Lipinski definition) is 3. The quantitative estimate of drug-likeness (QED) is 0.572. The van der Waals surface area contributed by atoms with Gasteiger partial charge in [-0.25, -0.2) is 0 Å². The molecule has 1 aromatic heterocycles. The van der Waals surface area contributed by atoms with Crippen LogP contribution in [0.5, 0.6) is 0 Å². The number of hydrogen-bond donors (Lipinski definition) is 1. The third-order valence-electron chi connectivity index (χ3n) is 2.19. The minimum Gasteiger partial charge on any atom is -0.316 e. The van der Waals surface area contributed by atoms with Gasteiger partial charge in [-0.3, -0.25) is 4.68 Å². The van der Waals surface area contributed by atoms with Crippen molar-refractivity contribution in [2.75, 3.05) is 18.8 Å². The van der Waals surface area contributed by atoms with Crippen molar-refractivity contribution in [1.82, 2.24) is 15.1 Å². The molecule has 0 radical (unpaired) electrons. The van der Waals surface area contributed by atoms with E-state index in [0.29, 0.717) is 0 Å². The molecule has 86 valence electrons. The van der Waals surface area contributed by atoms with E-state index in [1.54, 1.807) is 0 Å². The minimum atomic E-state index is 1.08. The van der Waals surface area contributed by atoms with Gasteiger partial charge in [0.25, 0.3) is 0 Å². The van der Waals surface area contributed by atoms with E-state index in [2.05, 4.69) is 23.4 Å².